The zero-order valence-corrected chi connectivity index (χ0v) is 15.6. The van der Waals surface area contributed by atoms with Gasteiger partial charge in [0.2, 0.25) is 17.1 Å². The van der Waals surface area contributed by atoms with E-state index in [4.69, 9.17) is 38.1 Å². The van der Waals surface area contributed by atoms with Crippen molar-refractivity contribution in [3.63, 3.8) is 0 Å². The van der Waals surface area contributed by atoms with Crippen molar-refractivity contribution in [2.75, 3.05) is 0 Å². The van der Waals surface area contributed by atoms with Gasteiger partial charge in [0.1, 0.15) is 6.10 Å². The van der Waals surface area contributed by atoms with E-state index in [9.17, 15) is 15.8 Å². The van der Waals surface area contributed by atoms with Gasteiger partial charge >= 0.3 is 0 Å². The lowest BCUT2D eigenvalue weighted by molar-refractivity contribution is -0.294. The largest absolute Gasteiger partial charge is 0.447 e. The zero-order chi connectivity index (χ0) is 19.4. The molecule has 2 bridgehead atoms. The normalized spacial score (nSPS) is 35.9. The Hall–Kier alpha value is -2.30. The number of ether oxygens (including phenoxy) is 2. The van der Waals surface area contributed by atoms with Crippen LogP contribution >= 0.6 is 23.2 Å². The van der Waals surface area contributed by atoms with Crippen molar-refractivity contribution in [3.8, 4) is 18.2 Å². The van der Waals surface area contributed by atoms with Crippen molar-refractivity contribution in [2.45, 2.75) is 37.6 Å². The lowest BCUT2D eigenvalue weighted by Gasteiger charge is -2.51. The summed E-state index contributed by atoms with van der Waals surface area (Å²) < 4.78 is 12.1. The van der Waals surface area contributed by atoms with Gasteiger partial charge in [-0.1, -0.05) is 35.7 Å². The van der Waals surface area contributed by atoms with Crippen LogP contribution < -0.4 is 0 Å². The molecule has 0 amide bonds. The molecule has 1 aliphatic carbocycles. The Kier molecular flexibility index (Phi) is 3.92. The predicted molar refractivity (Wildman–Crippen MR) is 95.5 cm³/mol. The topological polar surface area (TPSA) is 114 Å². The molecule has 0 aromatic heterocycles. The van der Waals surface area contributed by atoms with Gasteiger partial charge in [-0.25, -0.2) is 0 Å². The number of hydrogen-bond acceptors (Lipinski definition) is 6. The molecule has 1 saturated carbocycles. The zero-order valence-electron chi connectivity index (χ0n) is 14.1. The first kappa shape index (κ1) is 18.1. The van der Waals surface area contributed by atoms with Gasteiger partial charge in [-0.05, 0) is 25.0 Å². The summed E-state index contributed by atoms with van der Waals surface area (Å²) in [6.45, 7) is 0. The first-order valence-corrected chi connectivity index (χ1v) is 9.31. The Labute approximate surface area is 166 Å². The molecule has 1 N–H and O–H groups in total. The number of halogens is 2. The van der Waals surface area contributed by atoms with E-state index in [0.717, 1.165) is 12.8 Å². The Morgan fingerprint density at radius 2 is 1.85 bits per heavy atom. The average molecular weight is 401 g/mol. The molecular weight excluding hydrogens is 387 g/mol. The molecule has 0 radical (unpaired) electrons. The highest BCUT2D eigenvalue weighted by atomic mass is 35.5. The van der Waals surface area contributed by atoms with Gasteiger partial charge in [-0.2, -0.15) is 15.8 Å². The molecular formula is C19H14Cl2N4O2. The van der Waals surface area contributed by atoms with Crippen LogP contribution in [0.1, 0.15) is 37.4 Å². The number of benzene rings is 1. The van der Waals surface area contributed by atoms with Gasteiger partial charge in [0, 0.05) is 22.0 Å². The first-order chi connectivity index (χ1) is 12.9. The summed E-state index contributed by atoms with van der Waals surface area (Å²) >= 11 is 12.3. The molecule has 1 aromatic carbocycles. The summed E-state index contributed by atoms with van der Waals surface area (Å²) in [5, 5.41) is 39.5. The first-order valence-electron chi connectivity index (χ1n) is 8.55. The van der Waals surface area contributed by atoms with Gasteiger partial charge in [-0.3, -0.25) is 5.41 Å². The van der Waals surface area contributed by atoms with E-state index in [-0.39, 0.29) is 10.9 Å². The molecule has 2 heterocycles. The van der Waals surface area contributed by atoms with Crippen LogP contribution in [0.15, 0.2) is 18.2 Å². The Morgan fingerprint density at radius 1 is 1.11 bits per heavy atom. The molecule has 2 aliphatic heterocycles. The Morgan fingerprint density at radius 3 is 2.48 bits per heavy atom. The quantitative estimate of drug-likeness (QED) is 0.744. The smallest absolute Gasteiger partial charge is 0.217 e. The van der Waals surface area contributed by atoms with Gasteiger partial charge in [0.05, 0.1) is 24.1 Å². The monoisotopic (exact) mass is 400 g/mol. The van der Waals surface area contributed by atoms with E-state index in [2.05, 4.69) is 6.07 Å². The molecule has 1 aromatic rings. The molecule has 136 valence electrons. The van der Waals surface area contributed by atoms with E-state index in [1.807, 2.05) is 12.1 Å². The van der Waals surface area contributed by atoms with Crippen molar-refractivity contribution in [1.82, 2.24) is 0 Å². The van der Waals surface area contributed by atoms with Crippen LogP contribution in [0.3, 0.4) is 0 Å². The predicted octanol–water partition coefficient (Wildman–Crippen LogP) is 4.50. The maximum absolute atomic E-state index is 10.2. The molecule has 3 aliphatic rings. The molecule has 3 fully saturated rings. The number of hydrogen-bond donors (Lipinski definition) is 1. The highest BCUT2D eigenvalue weighted by Crippen LogP contribution is 2.69. The van der Waals surface area contributed by atoms with E-state index >= 15 is 0 Å². The number of nitrogens with one attached hydrogen (secondary N) is 1. The van der Waals surface area contributed by atoms with Crippen LogP contribution in [-0.2, 0) is 9.47 Å². The highest BCUT2D eigenvalue weighted by Gasteiger charge is 2.80. The fourth-order valence-corrected chi connectivity index (χ4v) is 5.36. The van der Waals surface area contributed by atoms with Crippen LogP contribution in [0.5, 0.6) is 0 Å². The minimum atomic E-state index is -1.97. The van der Waals surface area contributed by atoms with Crippen molar-refractivity contribution < 1.29 is 9.47 Å². The lowest BCUT2D eigenvalue weighted by Crippen LogP contribution is -2.60. The summed E-state index contributed by atoms with van der Waals surface area (Å²) in [6.07, 6.45) is 1.50. The number of nitrogens with zero attached hydrogens (tertiary/aromatic N) is 3. The molecule has 4 rings (SSSR count). The van der Waals surface area contributed by atoms with Gasteiger partial charge in [0.15, 0.2) is 5.41 Å². The molecule has 2 saturated heterocycles. The van der Waals surface area contributed by atoms with Crippen molar-refractivity contribution >= 4 is 29.1 Å². The van der Waals surface area contributed by atoms with Crippen LogP contribution in [0.4, 0.5) is 0 Å². The van der Waals surface area contributed by atoms with E-state index in [0.29, 0.717) is 23.4 Å². The van der Waals surface area contributed by atoms with Crippen LogP contribution in [-0.4, -0.2) is 11.7 Å². The second-order valence-electron chi connectivity index (χ2n) is 7.16. The van der Waals surface area contributed by atoms with Crippen LogP contribution in [0.25, 0.3) is 0 Å². The second kappa shape index (κ2) is 5.85. The molecule has 4 atom stereocenters. The molecule has 0 unspecified atom stereocenters. The Balaban J connectivity index is 2.02. The van der Waals surface area contributed by atoms with Gasteiger partial charge in [0.25, 0.3) is 0 Å². The summed E-state index contributed by atoms with van der Waals surface area (Å²) in [6, 6.07) is 10.8. The van der Waals surface area contributed by atoms with Gasteiger partial charge in [-0.15, -0.1) is 0 Å². The van der Waals surface area contributed by atoms with Crippen LogP contribution in [0, 0.1) is 56.2 Å². The molecule has 0 spiro atoms. The van der Waals surface area contributed by atoms with Gasteiger partial charge < -0.3 is 9.47 Å². The third-order valence-electron chi connectivity index (χ3n) is 6.06. The van der Waals surface area contributed by atoms with Crippen molar-refractivity contribution in [3.05, 3.63) is 33.8 Å². The second-order valence-corrected chi connectivity index (χ2v) is 8.00. The van der Waals surface area contributed by atoms with Crippen molar-refractivity contribution in [1.29, 1.82) is 21.2 Å². The third kappa shape index (κ3) is 2.00. The fraction of sp³-hybridized carbons (Fsp3) is 0.474. The van der Waals surface area contributed by atoms with E-state index in [1.54, 1.807) is 12.1 Å². The minimum absolute atomic E-state index is 0.229. The van der Waals surface area contributed by atoms with E-state index < -0.39 is 28.6 Å². The molecule has 6 nitrogen and oxygen atoms in total. The lowest BCUT2D eigenvalue weighted by atomic mass is 9.51. The third-order valence-corrected chi connectivity index (χ3v) is 6.62. The highest BCUT2D eigenvalue weighted by molar-refractivity contribution is 6.35. The van der Waals surface area contributed by atoms with E-state index in [1.165, 1.54) is 6.07 Å². The van der Waals surface area contributed by atoms with Crippen molar-refractivity contribution in [2.24, 2.45) is 16.7 Å². The number of nitriles is 3. The minimum Gasteiger partial charge on any atom is -0.447 e. The molecule has 8 heteroatoms. The summed E-state index contributed by atoms with van der Waals surface area (Å²) in [5.74, 6) is -2.12. The van der Waals surface area contributed by atoms with Crippen LogP contribution in [0.2, 0.25) is 10.0 Å². The molecule has 27 heavy (non-hydrogen) atoms. The summed E-state index contributed by atoms with van der Waals surface area (Å²) in [4.78, 5) is 0. The number of rotatable bonds is 1. The average Bonchev–Trinajstić information content (AvgIpc) is 2.87. The maximum Gasteiger partial charge on any atom is 0.217 e. The standard InChI is InChI=1S/C19H14Cl2N4O2/c20-11-4-5-12(13(21)7-11)15-17(8-22,9-23)18(10-24)14-3-1-2-6-19(14,26-15)27-16(18)25/h4-5,7,14-15,25H,1-3,6H2/t14-,15-,18+,19-/m1/s1. The Bertz CT molecular complexity index is 961. The SMILES string of the molecule is N#CC1(C#N)[C@@H](c2ccc(Cl)cc2Cl)O[C@@]23CCCC[C@@H]2[C@@]1(C#N)C(=N)O3. The maximum atomic E-state index is 10.2. The fourth-order valence-electron chi connectivity index (χ4n) is 4.85. The summed E-state index contributed by atoms with van der Waals surface area (Å²) in [5.41, 5.74) is -3.31. The summed E-state index contributed by atoms with van der Waals surface area (Å²) in [7, 11) is 0.